The van der Waals surface area contributed by atoms with Crippen LogP contribution >= 0.6 is 0 Å². The van der Waals surface area contributed by atoms with Crippen molar-refractivity contribution in [2.75, 3.05) is 20.1 Å². The number of carbonyl (C=O) groups is 1. The van der Waals surface area contributed by atoms with Crippen LogP contribution in [0.25, 0.3) is 10.9 Å². The molecule has 1 heterocycles. The molecule has 102 valence electrons. The maximum atomic E-state index is 12.5. The molecule has 0 unspecified atom stereocenters. The molecule has 0 aliphatic carbocycles. The molecule has 1 amide bonds. The van der Waals surface area contributed by atoms with Crippen LogP contribution in [-0.2, 0) is 0 Å². The van der Waals surface area contributed by atoms with E-state index in [0.29, 0.717) is 18.7 Å². The zero-order valence-electron chi connectivity index (χ0n) is 11.7. The van der Waals surface area contributed by atoms with Crippen LogP contribution in [0.2, 0.25) is 0 Å². The van der Waals surface area contributed by atoms with E-state index in [2.05, 4.69) is 18.8 Å². The van der Waals surface area contributed by atoms with Gasteiger partial charge >= 0.3 is 0 Å². The predicted octanol–water partition coefficient (Wildman–Crippen LogP) is 2.22. The first kappa shape index (κ1) is 13.6. The fraction of sp³-hybridized carbons (Fsp3) is 0.400. The Labute approximate surface area is 113 Å². The number of rotatable bonds is 4. The van der Waals surface area contributed by atoms with Crippen molar-refractivity contribution < 1.29 is 4.79 Å². The van der Waals surface area contributed by atoms with Crippen LogP contribution in [0.3, 0.4) is 0 Å². The molecule has 0 spiro atoms. The first-order valence-electron chi connectivity index (χ1n) is 6.46. The van der Waals surface area contributed by atoms with Crippen LogP contribution in [0.5, 0.6) is 0 Å². The van der Waals surface area contributed by atoms with Gasteiger partial charge < -0.3 is 15.6 Å². The molecule has 0 aliphatic heterocycles. The Hall–Kier alpha value is -1.81. The first-order chi connectivity index (χ1) is 8.94. The van der Waals surface area contributed by atoms with E-state index >= 15 is 0 Å². The van der Waals surface area contributed by atoms with Crippen LogP contribution in [0.1, 0.15) is 24.2 Å². The average molecular weight is 259 g/mol. The van der Waals surface area contributed by atoms with Crippen molar-refractivity contribution in [1.29, 1.82) is 0 Å². The molecule has 0 atom stereocenters. The van der Waals surface area contributed by atoms with E-state index < -0.39 is 0 Å². The highest BCUT2D eigenvalue weighted by atomic mass is 16.2. The lowest BCUT2D eigenvalue weighted by Crippen LogP contribution is -2.39. The molecule has 0 saturated carbocycles. The summed E-state index contributed by atoms with van der Waals surface area (Å²) in [5, 5.41) is 0.963. The molecular formula is C15H21N3O. The van der Waals surface area contributed by atoms with Crippen molar-refractivity contribution in [3.63, 3.8) is 0 Å². The summed E-state index contributed by atoms with van der Waals surface area (Å²) in [6.45, 7) is 5.32. The van der Waals surface area contributed by atoms with Crippen LogP contribution in [0.4, 0.5) is 0 Å². The van der Waals surface area contributed by atoms with E-state index in [0.717, 1.165) is 10.9 Å². The lowest BCUT2D eigenvalue weighted by molar-refractivity contribution is 0.0742. The van der Waals surface area contributed by atoms with E-state index in [9.17, 15) is 4.79 Å². The second-order valence-corrected chi connectivity index (χ2v) is 5.78. The first-order valence-corrected chi connectivity index (χ1v) is 6.46. The summed E-state index contributed by atoms with van der Waals surface area (Å²) in [5.41, 5.74) is 7.34. The van der Waals surface area contributed by atoms with Gasteiger partial charge in [0.05, 0.1) is 5.56 Å². The van der Waals surface area contributed by atoms with Crippen molar-refractivity contribution in [1.82, 2.24) is 9.88 Å². The number of amides is 1. The van der Waals surface area contributed by atoms with Gasteiger partial charge in [-0.15, -0.1) is 0 Å². The van der Waals surface area contributed by atoms with Crippen molar-refractivity contribution in [3.8, 4) is 0 Å². The largest absolute Gasteiger partial charge is 0.360 e. The minimum atomic E-state index is -0.0729. The monoisotopic (exact) mass is 259 g/mol. The van der Waals surface area contributed by atoms with Gasteiger partial charge in [0, 0.05) is 30.7 Å². The zero-order valence-corrected chi connectivity index (χ0v) is 11.7. The van der Waals surface area contributed by atoms with Crippen LogP contribution in [0.15, 0.2) is 30.5 Å². The van der Waals surface area contributed by atoms with Gasteiger partial charge in [-0.1, -0.05) is 32.0 Å². The fourth-order valence-electron chi connectivity index (χ4n) is 2.23. The molecule has 3 N–H and O–H groups in total. The third-order valence-corrected chi connectivity index (χ3v) is 3.38. The number of hydrogen-bond donors (Lipinski definition) is 2. The van der Waals surface area contributed by atoms with Crippen molar-refractivity contribution in [3.05, 3.63) is 36.0 Å². The third kappa shape index (κ3) is 2.79. The summed E-state index contributed by atoms with van der Waals surface area (Å²) in [4.78, 5) is 17.3. The molecule has 0 saturated heterocycles. The van der Waals surface area contributed by atoms with E-state index in [4.69, 9.17) is 5.73 Å². The molecule has 19 heavy (non-hydrogen) atoms. The highest BCUT2D eigenvalue weighted by molar-refractivity contribution is 6.06. The Morgan fingerprint density at radius 3 is 2.74 bits per heavy atom. The van der Waals surface area contributed by atoms with E-state index in [1.54, 1.807) is 11.1 Å². The lowest BCUT2D eigenvalue weighted by atomic mass is 9.93. The Bertz CT molecular complexity index is 586. The van der Waals surface area contributed by atoms with Gasteiger partial charge in [-0.2, -0.15) is 0 Å². The summed E-state index contributed by atoms with van der Waals surface area (Å²) in [7, 11) is 1.82. The number of carbonyl (C=O) groups excluding carboxylic acids is 1. The Morgan fingerprint density at radius 2 is 2.05 bits per heavy atom. The topological polar surface area (TPSA) is 62.1 Å². The summed E-state index contributed by atoms with van der Waals surface area (Å²) in [6.07, 6.45) is 1.78. The normalized spacial score (nSPS) is 11.8. The summed E-state index contributed by atoms with van der Waals surface area (Å²) >= 11 is 0. The van der Waals surface area contributed by atoms with Crippen LogP contribution in [-0.4, -0.2) is 35.9 Å². The molecule has 4 heteroatoms. The maximum absolute atomic E-state index is 12.5. The quantitative estimate of drug-likeness (QED) is 0.884. The predicted molar refractivity (Wildman–Crippen MR) is 78.1 cm³/mol. The summed E-state index contributed by atoms with van der Waals surface area (Å²) in [5.74, 6) is 0.0268. The molecule has 2 rings (SSSR count). The average Bonchev–Trinajstić information content (AvgIpc) is 2.81. The number of benzene rings is 1. The summed E-state index contributed by atoms with van der Waals surface area (Å²) in [6, 6.07) is 7.82. The second-order valence-electron chi connectivity index (χ2n) is 5.78. The number of nitrogens with one attached hydrogen (secondary N) is 1. The fourth-order valence-corrected chi connectivity index (χ4v) is 2.23. The van der Waals surface area contributed by atoms with Gasteiger partial charge in [0.15, 0.2) is 0 Å². The Balaban J connectivity index is 2.24. The van der Waals surface area contributed by atoms with E-state index in [-0.39, 0.29) is 11.3 Å². The van der Waals surface area contributed by atoms with Gasteiger partial charge in [0.2, 0.25) is 0 Å². The third-order valence-electron chi connectivity index (χ3n) is 3.38. The zero-order chi connectivity index (χ0) is 14.0. The summed E-state index contributed by atoms with van der Waals surface area (Å²) < 4.78 is 0. The number of nitrogens with zero attached hydrogens (tertiary/aromatic N) is 1. The molecule has 0 bridgehead atoms. The number of hydrogen-bond acceptors (Lipinski definition) is 2. The molecule has 1 aromatic carbocycles. The molecule has 2 aromatic rings. The van der Waals surface area contributed by atoms with Crippen molar-refractivity contribution in [2.24, 2.45) is 11.1 Å². The number of aromatic nitrogens is 1. The Kier molecular flexibility index (Phi) is 3.62. The van der Waals surface area contributed by atoms with Crippen LogP contribution < -0.4 is 5.73 Å². The molecule has 4 nitrogen and oxygen atoms in total. The van der Waals surface area contributed by atoms with Crippen molar-refractivity contribution >= 4 is 16.8 Å². The number of para-hydroxylation sites is 1. The van der Waals surface area contributed by atoms with Crippen molar-refractivity contribution in [2.45, 2.75) is 13.8 Å². The van der Waals surface area contributed by atoms with Gasteiger partial charge in [-0.3, -0.25) is 4.79 Å². The molecule has 0 fully saturated rings. The molecular weight excluding hydrogens is 238 g/mol. The minimum Gasteiger partial charge on any atom is -0.360 e. The van der Waals surface area contributed by atoms with Crippen LogP contribution in [0, 0.1) is 5.41 Å². The highest BCUT2D eigenvalue weighted by Crippen LogP contribution is 2.21. The molecule has 0 radical (unpaired) electrons. The smallest absolute Gasteiger partial charge is 0.255 e. The highest BCUT2D eigenvalue weighted by Gasteiger charge is 2.23. The minimum absolute atomic E-state index is 0.0268. The van der Waals surface area contributed by atoms with E-state index in [1.165, 1.54) is 0 Å². The van der Waals surface area contributed by atoms with Gasteiger partial charge in [0.1, 0.15) is 0 Å². The SMILES string of the molecule is CN(CC(C)(C)CN)C(=O)c1c[nH]c2ccccc12. The van der Waals surface area contributed by atoms with Gasteiger partial charge in [-0.25, -0.2) is 0 Å². The number of H-pyrrole nitrogens is 1. The van der Waals surface area contributed by atoms with E-state index in [1.807, 2.05) is 31.3 Å². The second kappa shape index (κ2) is 5.05. The van der Waals surface area contributed by atoms with Gasteiger partial charge in [-0.05, 0) is 18.0 Å². The molecule has 0 aliphatic rings. The lowest BCUT2D eigenvalue weighted by Gasteiger charge is -2.28. The maximum Gasteiger partial charge on any atom is 0.255 e. The number of aromatic amines is 1. The molecule has 1 aromatic heterocycles. The number of nitrogens with two attached hydrogens (primary N) is 1. The number of fused-ring (bicyclic) bond motifs is 1. The van der Waals surface area contributed by atoms with Gasteiger partial charge in [0.25, 0.3) is 5.91 Å². The standard InChI is InChI=1S/C15H21N3O/c1-15(2,9-16)10-18(3)14(19)12-8-17-13-7-5-4-6-11(12)13/h4-8,17H,9-10,16H2,1-3H3. The Morgan fingerprint density at radius 1 is 1.37 bits per heavy atom.